The minimum Gasteiger partial charge on any atom is -0.491 e. The minimum absolute atomic E-state index is 0.00340. The van der Waals surface area contributed by atoms with Crippen LogP contribution in [0.2, 0.25) is 0 Å². The van der Waals surface area contributed by atoms with Gasteiger partial charge in [-0.3, -0.25) is 9.59 Å². The number of hydrogen-bond donors (Lipinski definition) is 0. The lowest BCUT2D eigenvalue weighted by Gasteiger charge is -2.37. The lowest BCUT2D eigenvalue weighted by molar-refractivity contribution is -0.142. The molecule has 0 saturated carbocycles. The van der Waals surface area contributed by atoms with Crippen molar-refractivity contribution in [1.82, 2.24) is 9.80 Å². The Morgan fingerprint density at radius 3 is 2.73 bits per heavy atom. The van der Waals surface area contributed by atoms with Crippen LogP contribution in [-0.4, -0.2) is 47.9 Å². The maximum absolute atomic E-state index is 13.2. The van der Waals surface area contributed by atoms with Crippen LogP contribution in [0.4, 0.5) is 0 Å². The molecule has 0 spiro atoms. The molecule has 30 heavy (non-hydrogen) atoms. The molecule has 2 heterocycles. The normalized spacial score (nSPS) is 15.6. The van der Waals surface area contributed by atoms with Crippen molar-refractivity contribution in [2.45, 2.75) is 53.0 Å². The Morgan fingerprint density at radius 1 is 1.23 bits per heavy atom. The molecule has 1 aromatic heterocycles. The van der Waals surface area contributed by atoms with Gasteiger partial charge in [-0.05, 0) is 55.3 Å². The third kappa shape index (κ3) is 5.04. The summed E-state index contributed by atoms with van der Waals surface area (Å²) < 4.78 is 6.19. The SMILES string of the molecule is CCCN(CC(=O)N1CCc2sccc2C1COc1ccc(C)cc1C)C(=O)CC. The van der Waals surface area contributed by atoms with Crippen molar-refractivity contribution in [2.75, 3.05) is 26.2 Å². The second-order valence-corrected chi connectivity index (χ2v) is 8.90. The number of rotatable bonds is 8. The molecule has 1 atom stereocenters. The van der Waals surface area contributed by atoms with Crippen LogP contribution in [-0.2, 0) is 16.0 Å². The number of ether oxygens (including phenoxy) is 1. The van der Waals surface area contributed by atoms with Gasteiger partial charge in [-0.1, -0.05) is 31.5 Å². The number of hydrogen-bond acceptors (Lipinski definition) is 4. The van der Waals surface area contributed by atoms with Crippen LogP contribution in [0.15, 0.2) is 29.6 Å². The zero-order valence-corrected chi connectivity index (χ0v) is 19.3. The molecule has 2 amide bonds. The highest BCUT2D eigenvalue weighted by atomic mass is 32.1. The summed E-state index contributed by atoms with van der Waals surface area (Å²) in [5.41, 5.74) is 3.47. The molecule has 1 aliphatic rings. The lowest BCUT2D eigenvalue weighted by atomic mass is 10.00. The Balaban J connectivity index is 1.78. The van der Waals surface area contributed by atoms with Gasteiger partial charge >= 0.3 is 0 Å². The van der Waals surface area contributed by atoms with Gasteiger partial charge in [0.2, 0.25) is 11.8 Å². The predicted octanol–water partition coefficient (Wildman–Crippen LogP) is 4.52. The fraction of sp³-hybridized carbons (Fsp3) is 0.500. The fourth-order valence-corrected chi connectivity index (χ4v) is 4.97. The van der Waals surface area contributed by atoms with Crippen LogP contribution in [0.3, 0.4) is 0 Å². The van der Waals surface area contributed by atoms with E-state index in [2.05, 4.69) is 24.4 Å². The first-order chi connectivity index (χ1) is 14.4. The van der Waals surface area contributed by atoms with Gasteiger partial charge in [-0.25, -0.2) is 0 Å². The summed E-state index contributed by atoms with van der Waals surface area (Å²) in [6, 6.07) is 8.12. The molecule has 0 bridgehead atoms. The molecule has 0 N–H and O–H groups in total. The highest BCUT2D eigenvalue weighted by Crippen LogP contribution is 2.34. The Labute approximate surface area is 183 Å². The average molecular weight is 429 g/mol. The number of nitrogens with zero attached hydrogens (tertiary/aromatic N) is 2. The summed E-state index contributed by atoms with van der Waals surface area (Å²) in [5.74, 6) is 0.877. The molecule has 1 aromatic carbocycles. The maximum atomic E-state index is 13.2. The molecule has 1 unspecified atom stereocenters. The largest absolute Gasteiger partial charge is 0.491 e. The second-order valence-electron chi connectivity index (χ2n) is 7.90. The van der Waals surface area contributed by atoms with Gasteiger partial charge in [0.25, 0.3) is 0 Å². The topological polar surface area (TPSA) is 49.9 Å². The van der Waals surface area contributed by atoms with Crippen LogP contribution < -0.4 is 4.74 Å². The van der Waals surface area contributed by atoms with E-state index in [4.69, 9.17) is 4.74 Å². The van der Waals surface area contributed by atoms with Crippen LogP contribution in [0.5, 0.6) is 5.75 Å². The molecule has 0 aliphatic carbocycles. The summed E-state index contributed by atoms with van der Waals surface area (Å²) in [7, 11) is 0. The van der Waals surface area contributed by atoms with Crippen molar-refractivity contribution in [3.8, 4) is 5.75 Å². The molecule has 1 aliphatic heterocycles. The second kappa shape index (κ2) is 10.1. The van der Waals surface area contributed by atoms with E-state index in [0.717, 1.165) is 24.2 Å². The van der Waals surface area contributed by atoms with Crippen molar-refractivity contribution >= 4 is 23.2 Å². The monoisotopic (exact) mass is 428 g/mol. The van der Waals surface area contributed by atoms with E-state index in [9.17, 15) is 9.59 Å². The van der Waals surface area contributed by atoms with Crippen molar-refractivity contribution < 1.29 is 14.3 Å². The number of thiophene rings is 1. The van der Waals surface area contributed by atoms with E-state index < -0.39 is 0 Å². The number of carbonyl (C=O) groups excluding carboxylic acids is 2. The van der Waals surface area contributed by atoms with Gasteiger partial charge in [0.15, 0.2) is 0 Å². The van der Waals surface area contributed by atoms with E-state index >= 15 is 0 Å². The molecule has 0 saturated heterocycles. The Morgan fingerprint density at radius 2 is 2.03 bits per heavy atom. The first kappa shape index (κ1) is 22.3. The quantitative estimate of drug-likeness (QED) is 0.621. The predicted molar refractivity (Wildman–Crippen MR) is 121 cm³/mol. The molecule has 162 valence electrons. The van der Waals surface area contributed by atoms with Crippen molar-refractivity contribution in [1.29, 1.82) is 0 Å². The first-order valence-electron chi connectivity index (χ1n) is 10.8. The summed E-state index contributed by atoms with van der Waals surface area (Å²) in [6.45, 7) is 9.80. The Bertz CT molecular complexity index is 892. The number of fused-ring (bicyclic) bond motifs is 1. The summed E-state index contributed by atoms with van der Waals surface area (Å²) in [5, 5.41) is 2.09. The van der Waals surface area contributed by atoms with Gasteiger partial charge in [0, 0.05) is 24.4 Å². The van der Waals surface area contributed by atoms with E-state index in [1.54, 1.807) is 16.2 Å². The van der Waals surface area contributed by atoms with Crippen LogP contribution in [0, 0.1) is 13.8 Å². The molecule has 0 radical (unpaired) electrons. The Hall–Kier alpha value is -2.34. The van der Waals surface area contributed by atoms with Crippen molar-refractivity contribution in [2.24, 2.45) is 0 Å². The Kier molecular flexibility index (Phi) is 7.53. The molecule has 6 heteroatoms. The third-order valence-electron chi connectivity index (χ3n) is 5.62. The molecule has 0 fully saturated rings. The molecule has 2 aromatic rings. The summed E-state index contributed by atoms with van der Waals surface area (Å²) in [6.07, 6.45) is 2.11. The first-order valence-corrected chi connectivity index (χ1v) is 11.7. The van der Waals surface area contributed by atoms with E-state index in [1.807, 2.05) is 37.8 Å². The van der Waals surface area contributed by atoms with Crippen molar-refractivity contribution in [3.05, 3.63) is 51.2 Å². The zero-order chi connectivity index (χ0) is 21.7. The molecular formula is C24H32N2O3S. The number of amides is 2. The number of aryl methyl sites for hydroxylation is 2. The number of benzene rings is 1. The smallest absolute Gasteiger partial charge is 0.242 e. The molecule has 5 nitrogen and oxygen atoms in total. The van der Waals surface area contributed by atoms with E-state index in [1.165, 1.54) is 16.0 Å². The van der Waals surface area contributed by atoms with Gasteiger partial charge in [0.05, 0.1) is 12.6 Å². The van der Waals surface area contributed by atoms with Crippen LogP contribution >= 0.6 is 11.3 Å². The minimum atomic E-state index is -0.131. The average Bonchev–Trinajstić information content (AvgIpc) is 3.21. The highest BCUT2D eigenvalue weighted by Gasteiger charge is 2.33. The van der Waals surface area contributed by atoms with E-state index in [-0.39, 0.29) is 24.4 Å². The third-order valence-corrected chi connectivity index (χ3v) is 6.61. The van der Waals surface area contributed by atoms with Crippen LogP contribution in [0.1, 0.15) is 54.3 Å². The molecular weight excluding hydrogens is 396 g/mol. The highest BCUT2D eigenvalue weighted by molar-refractivity contribution is 7.10. The van der Waals surface area contributed by atoms with Gasteiger partial charge in [0.1, 0.15) is 12.4 Å². The van der Waals surface area contributed by atoms with Gasteiger partial charge in [-0.2, -0.15) is 0 Å². The molecule has 3 rings (SSSR count). The van der Waals surface area contributed by atoms with Gasteiger partial charge < -0.3 is 14.5 Å². The van der Waals surface area contributed by atoms with Gasteiger partial charge in [-0.15, -0.1) is 11.3 Å². The van der Waals surface area contributed by atoms with Crippen molar-refractivity contribution in [3.63, 3.8) is 0 Å². The standard InChI is InChI=1S/C24H32N2O3S/c1-5-11-25(23(27)6-2)15-24(28)26-12-9-22-19(10-13-30-22)20(26)16-29-21-8-7-17(3)14-18(21)4/h7-8,10,13-14,20H,5-6,9,11-12,15-16H2,1-4H3. The van der Waals surface area contributed by atoms with Crippen LogP contribution in [0.25, 0.3) is 0 Å². The fourth-order valence-electron chi connectivity index (χ4n) is 4.04. The lowest BCUT2D eigenvalue weighted by Crippen LogP contribution is -2.47. The van der Waals surface area contributed by atoms with E-state index in [0.29, 0.717) is 26.1 Å². The summed E-state index contributed by atoms with van der Waals surface area (Å²) >= 11 is 1.74. The number of carbonyl (C=O) groups is 2. The maximum Gasteiger partial charge on any atom is 0.242 e. The zero-order valence-electron chi connectivity index (χ0n) is 18.4. The summed E-state index contributed by atoms with van der Waals surface area (Å²) in [4.78, 5) is 30.4.